The summed E-state index contributed by atoms with van der Waals surface area (Å²) in [6, 6.07) is 0. The highest BCUT2D eigenvalue weighted by molar-refractivity contribution is 5.72. The van der Waals surface area contributed by atoms with Crippen LogP contribution in [0, 0.1) is 0 Å². The van der Waals surface area contributed by atoms with Gasteiger partial charge in [0.05, 0.1) is 0 Å². The third-order valence-corrected chi connectivity index (χ3v) is 2.11. The zero-order chi connectivity index (χ0) is 11.7. The van der Waals surface area contributed by atoms with Gasteiger partial charge in [-0.15, -0.1) is 0 Å². The molecule has 1 aliphatic heterocycles. The fourth-order valence-electron chi connectivity index (χ4n) is 1.09. The van der Waals surface area contributed by atoms with Crippen LogP contribution in [0.1, 0.15) is 0 Å². The number of hydrogen-bond acceptors (Lipinski definition) is 7. The van der Waals surface area contributed by atoms with Crippen molar-refractivity contribution in [2.75, 3.05) is 0 Å². The van der Waals surface area contributed by atoms with Gasteiger partial charge in [0.1, 0.15) is 24.4 Å². The molecule has 88 valence electrons. The van der Waals surface area contributed by atoms with Crippen molar-refractivity contribution in [2.45, 2.75) is 36.8 Å². The Balaban J connectivity index is 2.51. The number of aliphatic carboxylic acids is 1. The maximum atomic E-state index is 10.2. The minimum absolute atomic E-state index is 1.07. The minimum Gasteiger partial charge on any atom is -0.479 e. The molecule has 1 aliphatic rings. The number of carboxylic acid groups (broad SMARTS) is 1. The molecular formula is C7H12O8. The molecule has 0 radical (unpaired) electrons. The van der Waals surface area contributed by atoms with Gasteiger partial charge >= 0.3 is 5.97 Å². The quantitative estimate of drug-likeness (QED) is 0.260. The van der Waals surface area contributed by atoms with Crippen molar-refractivity contribution in [3.8, 4) is 0 Å². The van der Waals surface area contributed by atoms with Crippen LogP contribution < -0.4 is 0 Å². The predicted octanol–water partition coefficient (Wildman–Crippen LogP) is -3.77. The van der Waals surface area contributed by atoms with E-state index in [-0.39, 0.29) is 0 Å². The molecule has 6 atom stereocenters. The summed E-state index contributed by atoms with van der Waals surface area (Å²) in [6.45, 7) is 0. The Kier molecular flexibility index (Phi) is 3.60. The van der Waals surface area contributed by atoms with Crippen LogP contribution in [0.4, 0.5) is 0 Å². The van der Waals surface area contributed by atoms with Gasteiger partial charge < -0.3 is 35.4 Å². The Labute approximate surface area is 84.0 Å². The Bertz CT molecular complexity index is 243. The first kappa shape index (κ1) is 12.3. The van der Waals surface area contributed by atoms with E-state index >= 15 is 0 Å². The van der Waals surface area contributed by atoms with Gasteiger partial charge in [0, 0.05) is 0 Å². The van der Waals surface area contributed by atoms with Crippen LogP contribution in [0.5, 0.6) is 0 Å². The van der Waals surface area contributed by atoms with Gasteiger partial charge in [-0.05, 0) is 0 Å². The van der Waals surface area contributed by atoms with Gasteiger partial charge in [-0.3, -0.25) is 0 Å². The molecule has 0 saturated carbocycles. The van der Waals surface area contributed by atoms with E-state index in [9.17, 15) is 15.0 Å². The smallest absolute Gasteiger partial charge is 0.335 e. The second kappa shape index (κ2) is 4.39. The summed E-state index contributed by atoms with van der Waals surface area (Å²) < 4.78 is 4.40. The van der Waals surface area contributed by atoms with Crippen LogP contribution in [0.25, 0.3) is 0 Å². The Morgan fingerprint density at radius 2 is 1.60 bits per heavy atom. The van der Waals surface area contributed by atoms with E-state index in [1.165, 1.54) is 0 Å². The van der Waals surface area contributed by atoms with Crippen LogP contribution in [-0.4, -0.2) is 73.4 Å². The lowest BCUT2D eigenvalue weighted by molar-refractivity contribution is -0.163. The zero-order valence-electron chi connectivity index (χ0n) is 7.46. The van der Waals surface area contributed by atoms with Crippen LogP contribution in [0.2, 0.25) is 0 Å². The van der Waals surface area contributed by atoms with Crippen LogP contribution in [0.15, 0.2) is 0 Å². The molecule has 0 spiro atoms. The first-order valence-electron chi connectivity index (χ1n) is 4.15. The third-order valence-electron chi connectivity index (χ3n) is 2.11. The summed E-state index contributed by atoms with van der Waals surface area (Å²) in [4.78, 5) is 10.2. The van der Waals surface area contributed by atoms with Crippen molar-refractivity contribution < 1.29 is 40.2 Å². The summed E-state index contributed by atoms with van der Waals surface area (Å²) in [5.41, 5.74) is 0. The summed E-state index contributed by atoms with van der Waals surface area (Å²) in [6.07, 6.45) is -10.2. The number of carboxylic acids is 1. The van der Waals surface area contributed by atoms with Crippen molar-refractivity contribution in [3.05, 3.63) is 0 Å². The van der Waals surface area contributed by atoms with Crippen LogP contribution in [-0.2, 0) is 9.53 Å². The van der Waals surface area contributed by atoms with Gasteiger partial charge in [-0.25, -0.2) is 4.79 Å². The number of aliphatic hydroxyl groups is 5. The van der Waals surface area contributed by atoms with Crippen molar-refractivity contribution >= 4 is 5.97 Å². The molecule has 1 saturated heterocycles. The lowest BCUT2D eigenvalue weighted by Gasteiger charge is -2.23. The standard InChI is InChI=1S/C7H12O8/c8-1(2(9)4(11)6(12)13)3(10)5-7(14)15-5/h1-5,7-11,14H,(H,12,13). The van der Waals surface area contributed by atoms with Crippen molar-refractivity contribution in [3.63, 3.8) is 0 Å². The molecular weight excluding hydrogens is 212 g/mol. The monoisotopic (exact) mass is 224 g/mol. The fraction of sp³-hybridized carbons (Fsp3) is 0.857. The number of carbonyl (C=O) groups is 1. The Morgan fingerprint density at radius 1 is 1.13 bits per heavy atom. The number of epoxide rings is 1. The summed E-state index contributed by atoms with van der Waals surface area (Å²) in [7, 11) is 0. The predicted molar refractivity (Wildman–Crippen MR) is 42.5 cm³/mol. The van der Waals surface area contributed by atoms with E-state index < -0.39 is 42.8 Å². The van der Waals surface area contributed by atoms with E-state index in [0.717, 1.165) is 0 Å². The van der Waals surface area contributed by atoms with Gasteiger partial charge in [-0.2, -0.15) is 0 Å². The average molecular weight is 224 g/mol. The fourth-order valence-corrected chi connectivity index (χ4v) is 1.09. The van der Waals surface area contributed by atoms with E-state index in [1.807, 2.05) is 0 Å². The summed E-state index contributed by atoms with van der Waals surface area (Å²) in [5.74, 6) is -1.73. The van der Waals surface area contributed by atoms with Crippen molar-refractivity contribution in [1.29, 1.82) is 0 Å². The van der Waals surface area contributed by atoms with E-state index in [1.54, 1.807) is 0 Å². The maximum absolute atomic E-state index is 10.2. The highest BCUT2D eigenvalue weighted by atomic mass is 16.7. The highest BCUT2D eigenvalue weighted by Crippen LogP contribution is 2.25. The molecule has 0 aromatic carbocycles. The molecule has 0 bridgehead atoms. The van der Waals surface area contributed by atoms with Gasteiger partial charge in [-0.1, -0.05) is 0 Å². The van der Waals surface area contributed by atoms with Crippen molar-refractivity contribution in [1.82, 2.24) is 0 Å². The van der Waals surface area contributed by atoms with E-state index in [2.05, 4.69) is 4.74 Å². The van der Waals surface area contributed by atoms with Crippen molar-refractivity contribution in [2.24, 2.45) is 0 Å². The molecule has 6 unspecified atom stereocenters. The Hall–Kier alpha value is -0.770. The lowest BCUT2D eigenvalue weighted by Crippen LogP contribution is -2.49. The topological polar surface area (TPSA) is 151 Å². The number of rotatable bonds is 5. The molecule has 0 aromatic heterocycles. The molecule has 8 heteroatoms. The van der Waals surface area contributed by atoms with Crippen LogP contribution in [0.3, 0.4) is 0 Å². The van der Waals surface area contributed by atoms with Gasteiger partial charge in [0.2, 0.25) is 0 Å². The molecule has 1 fully saturated rings. The number of aliphatic hydroxyl groups excluding tert-OH is 5. The number of ether oxygens (including phenoxy) is 1. The van der Waals surface area contributed by atoms with Gasteiger partial charge in [0.25, 0.3) is 0 Å². The molecule has 1 heterocycles. The number of hydrogen-bond donors (Lipinski definition) is 6. The SMILES string of the molecule is O=C(O)C(O)C(O)C(O)C(O)C1OC1O. The summed E-state index contributed by atoms with van der Waals surface area (Å²) in [5, 5.41) is 53.4. The van der Waals surface area contributed by atoms with E-state index in [0.29, 0.717) is 0 Å². The van der Waals surface area contributed by atoms with Crippen LogP contribution >= 0.6 is 0 Å². The molecule has 0 amide bonds. The summed E-state index contributed by atoms with van der Waals surface area (Å²) >= 11 is 0. The Morgan fingerprint density at radius 3 is 1.93 bits per heavy atom. The first-order valence-corrected chi connectivity index (χ1v) is 4.15. The third kappa shape index (κ3) is 2.62. The molecule has 0 aliphatic carbocycles. The molecule has 0 aromatic rings. The molecule has 8 nitrogen and oxygen atoms in total. The first-order chi connectivity index (χ1) is 6.86. The molecule has 6 N–H and O–H groups in total. The van der Waals surface area contributed by atoms with Gasteiger partial charge in [0.15, 0.2) is 12.4 Å². The zero-order valence-corrected chi connectivity index (χ0v) is 7.46. The molecule has 1 rings (SSSR count). The second-order valence-corrected chi connectivity index (χ2v) is 3.25. The normalized spacial score (nSPS) is 32.9. The largest absolute Gasteiger partial charge is 0.479 e. The van der Waals surface area contributed by atoms with E-state index in [4.69, 9.17) is 20.4 Å². The highest BCUT2D eigenvalue weighted by Gasteiger charge is 2.49. The average Bonchev–Trinajstić information content (AvgIpc) is 2.90. The maximum Gasteiger partial charge on any atom is 0.335 e. The molecule has 15 heavy (non-hydrogen) atoms. The minimum atomic E-state index is -2.22. The second-order valence-electron chi connectivity index (χ2n) is 3.25. The lowest BCUT2D eigenvalue weighted by atomic mass is 10.0.